The van der Waals surface area contributed by atoms with Gasteiger partial charge >= 0.3 is 0 Å². The van der Waals surface area contributed by atoms with Crippen LogP contribution in [0, 0.1) is 0 Å². The molecule has 0 N–H and O–H groups in total. The van der Waals surface area contributed by atoms with E-state index in [9.17, 15) is 0 Å². The molecule has 2 aromatic heterocycles. The van der Waals surface area contributed by atoms with Crippen LogP contribution in [0.3, 0.4) is 0 Å². The Morgan fingerprint density at radius 3 is 3.33 bits per heavy atom. The number of thiazole rings is 1. The minimum Gasteiger partial charge on any atom is -0.355 e. The Morgan fingerprint density at radius 2 is 2.33 bits per heavy atom. The van der Waals surface area contributed by atoms with Gasteiger partial charge in [-0.05, 0) is 12.1 Å². The van der Waals surface area contributed by atoms with Gasteiger partial charge in [0.05, 0.1) is 17.2 Å². The van der Waals surface area contributed by atoms with Gasteiger partial charge in [0.25, 0.3) is 0 Å². The van der Waals surface area contributed by atoms with E-state index in [1.54, 1.807) is 17.5 Å². The summed E-state index contributed by atoms with van der Waals surface area (Å²) in [5, 5.41) is 4.77. The minimum absolute atomic E-state index is 0.843. The Balaban J connectivity index is 2.71. The molecule has 3 nitrogen and oxygen atoms in total. The second-order valence-electron chi connectivity index (χ2n) is 2.51. The fourth-order valence-corrected chi connectivity index (χ4v) is 2.03. The van der Waals surface area contributed by atoms with Gasteiger partial charge in [0.15, 0.2) is 5.58 Å². The summed E-state index contributed by atoms with van der Waals surface area (Å²) in [5.74, 6) is 0. The predicted octanol–water partition coefficient (Wildman–Crippen LogP) is 2.44. The monoisotopic (exact) mass is 176 g/mol. The second kappa shape index (κ2) is 2.04. The van der Waals surface area contributed by atoms with Crippen LogP contribution in [0.2, 0.25) is 0 Å². The third-order valence-corrected chi connectivity index (χ3v) is 2.66. The Bertz CT molecular complexity index is 490. The lowest BCUT2D eigenvalue weighted by Crippen LogP contribution is -1.66. The first kappa shape index (κ1) is 6.14. The second-order valence-corrected chi connectivity index (χ2v) is 3.37. The van der Waals surface area contributed by atoms with Gasteiger partial charge in [-0.1, -0.05) is 5.16 Å². The summed E-state index contributed by atoms with van der Waals surface area (Å²) >= 11 is 1.58. The maximum atomic E-state index is 5.11. The molecule has 12 heavy (non-hydrogen) atoms. The molecule has 0 amide bonds. The van der Waals surface area contributed by atoms with Gasteiger partial charge in [0, 0.05) is 5.39 Å². The summed E-state index contributed by atoms with van der Waals surface area (Å²) in [7, 11) is 0. The maximum Gasteiger partial charge on any atom is 0.186 e. The molecule has 0 bridgehead atoms. The third kappa shape index (κ3) is 0.648. The van der Waals surface area contributed by atoms with Gasteiger partial charge in [0.2, 0.25) is 0 Å². The molecule has 3 aromatic rings. The van der Waals surface area contributed by atoms with Crippen molar-refractivity contribution in [1.82, 2.24) is 10.1 Å². The van der Waals surface area contributed by atoms with E-state index in [1.165, 1.54) is 0 Å². The molecule has 0 spiro atoms. The van der Waals surface area contributed by atoms with Crippen molar-refractivity contribution in [2.75, 3.05) is 0 Å². The van der Waals surface area contributed by atoms with E-state index < -0.39 is 0 Å². The van der Waals surface area contributed by atoms with Crippen molar-refractivity contribution in [3.63, 3.8) is 0 Å². The molecule has 58 valence electrons. The van der Waals surface area contributed by atoms with Crippen LogP contribution in [0.4, 0.5) is 0 Å². The van der Waals surface area contributed by atoms with E-state index in [-0.39, 0.29) is 0 Å². The zero-order valence-electron chi connectivity index (χ0n) is 6.02. The van der Waals surface area contributed by atoms with Crippen LogP contribution in [0.5, 0.6) is 0 Å². The van der Waals surface area contributed by atoms with E-state index in [2.05, 4.69) is 10.1 Å². The molecule has 1 aromatic carbocycles. The lowest BCUT2D eigenvalue weighted by atomic mass is 10.2. The summed E-state index contributed by atoms with van der Waals surface area (Å²) in [5.41, 5.74) is 3.63. The Hall–Kier alpha value is -1.42. The first-order valence-electron chi connectivity index (χ1n) is 3.52. The molecule has 3 rings (SSSR count). The topological polar surface area (TPSA) is 38.9 Å². The zero-order valence-corrected chi connectivity index (χ0v) is 6.84. The summed E-state index contributed by atoms with van der Waals surface area (Å²) < 4.78 is 6.18. The first-order valence-corrected chi connectivity index (χ1v) is 4.40. The fraction of sp³-hybridized carbons (Fsp3) is 0. The molecule has 4 heteroatoms. The molecule has 0 saturated heterocycles. The largest absolute Gasteiger partial charge is 0.355 e. The molecule has 0 aliphatic rings. The number of hydrogen-bond acceptors (Lipinski definition) is 4. The van der Waals surface area contributed by atoms with Crippen LogP contribution in [0.15, 0.2) is 28.4 Å². The standard InChI is InChI=1S/C8H4N2OS/c1-2-6-8(12-4-9-6)7-5(1)3-10-11-7/h1-4H. The van der Waals surface area contributed by atoms with E-state index in [4.69, 9.17) is 4.52 Å². The van der Waals surface area contributed by atoms with E-state index in [0.717, 1.165) is 21.2 Å². The van der Waals surface area contributed by atoms with Crippen LogP contribution >= 0.6 is 11.3 Å². The molecule has 0 unspecified atom stereocenters. The van der Waals surface area contributed by atoms with Gasteiger partial charge in [-0.25, -0.2) is 4.98 Å². The SMILES string of the molecule is c1nc2ccc3cnoc3c2s1. The summed E-state index contributed by atoms with van der Waals surface area (Å²) in [6.45, 7) is 0. The number of fused-ring (bicyclic) bond motifs is 3. The average molecular weight is 176 g/mol. The molecular formula is C8H4N2OS. The number of hydrogen-bond donors (Lipinski definition) is 0. The molecule has 2 heterocycles. The highest BCUT2D eigenvalue weighted by molar-refractivity contribution is 7.17. The zero-order chi connectivity index (χ0) is 7.97. The molecular weight excluding hydrogens is 172 g/mol. The van der Waals surface area contributed by atoms with Gasteiger partial charge in [-0.15, -0.1) is 11.3 Å². The molecule has 0 fully saturated rings. The van der Waals surface area contributed by atoms with Crippen molar-refractivity contribution in [3.05, 3.63) is 23.8 Å². The minimum atomic E-state index is 0.843. The maximum absolute atomic E-state index is 5.11. The smallest absolute Gasteiger partial charge is 0.186 e. The molecule has 0 aliphatic carbocycles. The van der Waals surface area contributed by atoms with Crippen molar-refractivity contribution < 1.29 is 4.52 Å². The normalized spacial score (nSPS) is 11.3. The summed E-state index contributed by atoms with van der Waals surface area (Å²) in [6.07, 6.45) is 1.72. The highest BCUT2D eigenvalue weighted by atomic mass is 32.1. The van der Waals surface area contributed by atoms with Gasteiger partial charge in [-0.2, -0.15) is 0 Å². The van der Waals surface area contributed by atoms with Crippen molar-refractivity contribution in [3.8, 4) is 0 Å². The van der Waals surface area contributed by atoms with Gasteiger partial charge in [-0.3, -0.25) is 0 Å². The van der Waals surface area contributed by atoms with Crippen molar-refractivity contribution in [1.29, 1.82) is 0 Å². The third-order valence-electron chi connectivity index (χ3n) is 1.82. The van der Waals surface area contributed by atoms with Crippen LogP contribution in [-0.2, 0) is 0 Å². The highest BCUT2D eigenvalue weighted by Gasteiger charge is 2.05. The number of benzene rings is 1. The summed E-state index contributed by atoms with van der Waals surface area (Å²) in [6, 6.07) is 3.94. The van der Waals surface area contributed by atoms with Crippen LogP contribution in [-0.4, -0.2) is 10.1 Å². The highest BCUT2D eigenvalue weighted by Crippen LogP contribution is 2.27. The Kier molecular flexibility index (Phi) is 1.04. The first-order chi connectivity index (χ1) is 5.95. The molecule has 0 aliphatic heterocycles. The molecule has 0 atom stereocenters. The van der Waals surface area contributed by atoms with Crippen molar-refractivity contribution in [2.45, 2.75) is 0 Å². The van der Waals surface area contributed by atoms with E-state index in [1.807, 2.05) is 17.6 Å². The quantitative estimate of drug-likeness (QED) is 0.528. The van der Waals surface area contributed by atoms with Crippen molar-refractivity contribution >= 4 is 32.5 Å². The predicted molar refractivity (Wildman–Crippen MR) is 47.2 cm³/mol. The fourth-order valence-electron chi connectivity index (χ4n) is 1.25. The Morgan fingerprint density at radius 1 is 1.33 bits per heavy atom. The van der Waals surface area contributed by atoms with Crippen molar-refractivity contribution in [2.24, 2.45) is 0 Å². The van der Waals surface area contributed by atoms with E-state index >= 15 is 0 Å². The number of rotatable bonds is 0. The summed E-state index contributed by atoms with van der Waals surface area (Å²) in [4.78, 5) is 4.18. The lowest BCUT2D eigenvalue weighted by molar-refractivity contribution is 0.459. The molecule has 0 radical (unpaired) electrons. The van der Waals surface area contributed by atoms with Crippen LogP contribution in [0.1, 0.15) is 0 Å². The van der Waals surface area contributed by atoms with Crippen LogP contribution < -0.4 is 0 Å². The average Bonchev–Trinajstić information content (AvgIpc) is 2.71. The van der Waals surface area contributed by atoms with Gasteiger partial charge < -0.3 is 4.52 Å². The van der Waals surface area contributed by atoms with Crippen LogP contribution in [0.25, 0.3) is 21.2 Å². The van der Waals surface area contributed by atoms with Gasteiger partial charge in [0.1, 0.15) is 4.70 Å². The lowest BCUT2D eigenvalue weighted by Gasteiger charge is -1.86. The number of nitrogens with zero attached hydrogens (tertiary/aromatic N) is 2. The van der Waals surface area contributed by atoms with E-state index in [0.29, 0.717) is 0 Å². The number of aromatic nitrogens is 2. The molecule has 0 saturated carbocycles. The Labute approximate surface area is 71.6 Å².